The monoisotopic (exact) mass is 363 g/mol. The Balaban J connectivity index is 1.47. The van der Waals surface area contributed by atoms with Gasteiger partial charge in [-0.2, -0.15) is 4.98 Å². The quantitative estimate of drug-likeness (QED) is 0.722. The first-order valence-corrected chi connectivity index (χ1v) is 8.78. The highest BCUT2D eigenvalue weighted by molar-refractivity contribution is 5.56. The predicted octanol–water partition coefficient (Wildman–Crippen LogP) is 4.45. The third-order valence-corrected chi connectivity index (χ3v) is 4.42. The van der Waals surface area contributed by atoms with Gasteiger partial charge in [-0.3, -0.25) is 0 Å². The van der Waals surface area contributed by atoms with E-state index < -0.39 is 0 Å². The number of hydrogen-bond acceptors (Lipinski definition) is 6. The van der Waals surface area contributed by atoms with Gasteiger partial charge in [-0.25, -0.2) is 4.98 Å². The lowest BCUT2D eigenvalue weighted by molar-refractivity contribution is 0.174. The molecule has 0 atom stereocenters. The molecule has 4 rings (SSSR count). The van der Waals surface area contributed by atoms with Crippen LogP contribution in [0.4, 0.5) is 11.6 Å². The summed E-state index contributed by atoms with van der Waals surface area (Å²) < 4.78 is 16.6. The highest BCUT2D eigenvalue weighted by Gasteiger charge is 2.13. The van der Waals surface area contributed by atoms with E-state index in [0.717, 1.165) is 28.4 Å². The highest BCUT2D eigenvalue weighted by atomic mass is 16.7. The second kappa shape index (κ2) is 7.15. The molecule has 1 aromatic heterocycles. The Bertz CT molecular complexity index is 988. The van der Waals surface area contributed by atoms with Crippen molar-refractivity contribution >= 4 is 11.6 Å². The van der Waals surface area contributed by atoms with Gasteiger partial charge in [-0.05, 0) is 61.7 Å². The van der Waals surface area contributed by atoms with E-state index in [9.17, 15) is 0 Å². The number of nitrogens with zero attached hydrogens (tertiary/aromatic N) is 2. The van der Waals surface area contributed by atoms with Gasteiger partial charge in [0.25, 0.3) is 0 Å². The van der Waals surface area contributed by atoms with E-state index in [1.807, 2.05) is 37.3 Å². The molecular weight excluding hydrogens is 342 g/mol. The van der Waals surface area contributed by atoms with Gasteiger partial charge in [-0.1, -0.05) is 12.1 Å². The van der Waals surface area contributed by atoms with Crippen molar-refractivity contribution in [1.29, 1.82) is 0 Å². The minimum atomic E-state index is 0.262. The molecule has 3 aromatic rings. The third-order valence-electron chi connectivity index (χ3n) is 4.42. The lowest BCUT2D eigenvalue weighted by Gasteiger charge is -2.11. The third kappa shape index (κ3) is 3.95. The molecule has 138 valence electrons. The van der Waals surface area contributed by atoms with Crippen LogP contribution in [-0.2, 0) is 6.61 Å². The Morgan fingerprint density at radius 3 is 2.63 bits per heavy atom. The summed E-state index contributed by atoms with van der Waals surface area (Å²) in [5, 5.41) is 3.25. The molecule has 0 spiro atoms. The maximum absolute atomic E-state index is 5.87. The molecule has 1 N–H and O–H groups in total. The van der Waals surface area contributed by atoms with E-state index in [4.69, 9.17) is 14.2 Å². The zero-order valence-corrected chi connectivity index (χ0v) is 15.6. The van der Waals surface area contributed by atoms with Gasteiger partial charge >= 0.3 is 0 Å². The predicted molar refractivity (Wildman–Crippen MR) is 103 cm³/mol. The summed E-state index contributed by atoms with van der Waals surface area (Å²) >= 11 is 0. The van der Waals surface area contributed by atoms with Crippen molar-refractivity contribution in [3.05, 3.63) is 64.8 Å². The number of anilines is 2. The van der Waals surface area contributed by atoms with E-state index in [1.54, 1.807) is 0 Å². The summed E-state index contributed by atoms with van der Waals surface area (Å²) in [7, 11) is 0. The average Bonchev–Trinajstić information content (AvgIpc) is 3.10. The zero-order valence-electron chi connectivity index (χ0n) is 15.6. The molecule has 6 heteroatoms. The molecule has 6 nitrogen and oxygen atoms in total. The Morgan fingerprint density at radius 1 is 0.926 bits per heavy atom. The maximum Gasteiger partial charge on any atom is 0.231 e. The largest absolute Gasteiger partial charge is 0.473 e. The van der Waals surface area contributed by atoms with Crippen LogP contribution in [0.5, 0.6) is 17.4 Å². The number of benzene rings is 2. The minimum absolute atomic E-state index is 0.262. The van der Waals surface area contributed by atoms with Gasteiger partial charge in [0.1, 0.15) is 6.61 Å². The number of nitrogens with one attached hydrogen (secondary N) is 1. The standard InChI is InChI=1S/C21H21N3O3/c1-13-4-6-17(8-14(13)2)23-21-22-15(3)9-20(24-21)25-11-16-5-7-18-19(10-16)27-12-26-18/h4-10H,11-12H2,1-3H3,(H,22,23,24). The van der Waals surface area contributed by atoms with Crippen LogP contribution in [0.3, 0.4) is 0 Å². The second-order valence-electron chi connectivity index (χ2n) is 6.57. The van der Waals surface area contributed by atoms with Crippen LogP contribution in [0.15, 0.2) is 42.5 Å². The van der Waals surface area contributed by atoms with Crippen LogP contribution in [0.25, 0.3) is 0 Å². The molecule has 0 radical (unpaired) electrons. The number of aryl methyl sites for hydroxylation is 3. The molecule has 0 saturated carbocycles. The van der Waals surface area contributed by atoms with Gasteiger partial charge in [-0.15, -0.1) is 0 Å². The summed E-state index contributed by atoms with van der Waals surface area (Å²) in [6.45, 7) is 6.73. The van der Waals surface area contributed by atoms with Gasteiger partial charge in [0.2, 0.25) is 18.6 Å². The zero-order chi connectivity index (χ0) is 18.8. The number of aromatic nitrogens is 2. The second-order valence-corrected chi connectivity index (χ2v) is 6.57. The summed E-state index contributed by atoms with van der Waals surface area (Å²) in [6, 6.07) is 13.7. The van der Waals surface area contributed by atoms with Crippen molar-refractivity contribution in [2.45, 2.75) is 27.4 Å². The minimum Gasteiger partial charge on any atom is -0.473 e. The van der Waals surface area contributed by atoms with Crippen LogP contribution in [-0.4, -0.2) is 16.8 Å². The summed E-state index contributed by atoms with van der Waals surface area (Å²) in [5.41, 5.74) is 5.23. The Labute approximate surface area is 158 Å². The first-order chi connectivity index (χ1) is 13.1. The molecule has 1 aliphatic rings. The molecular formula is C21H21N3O3. The smallest absolute Gasteiger partial charge is 0.231 e. The first-order valence-electron chi connectivity index (χ1n) is 8.78. The van der Waals surface area contributed by atoms with Crippen LogP contribution >= 0.6 is 0 Å². The van der Waals surface area contributed by atoms with Crippen LogP contribution in [0.1, 0.15) is 22.4 Å². The number of hydrogen-bond donors (Lipinski definition) is 1. The molecule has 0 saturated heterocycles. The van der Waals surface area contributed by atoms with E-state index in [2.05, 4.69) is 41.3 Å². The summed E-state index contributed by atoms with van der Waals surface area (Å²) in [5.74, 6) is 2.54. The molecule has 0 amide bonds. The van der Waals surface area contributed by atoms with Crippen molar-refractivity contribution in [3.63, 3.8) is 0 Å². The first kappa shape index (κ1) is 17.1. The molecule has 27 heavy (non-hydrogen) atoms. The Hall–Kier alpha value is -3.28. The van der Waals surface area contributed by atoms with Crippen molar-refractivity contribution in [3.8, 4) is 17.4 Å². The SMILES string of the molecule is Cc1cc(OCc2ccc3c(c2)OCO3)nc(Nc2ccc(C)c(C)c2)n1. The van der Waals surface area contributed by atoms with E-state index >= 15 is 0 Å². The van der Waals surface area contributed by atoms with Crippen LogP contribution < -0.4 is 19.5 Å². The Morgan fingerprint density at radius 2 is 1.78 bits per heavy atom. The van der Waals surface area contributed by atoms with Crippen LogP contribution in [0, 0.1) is 20.8 Å². The average molecular weight is 363 g/mol. The molecule has 2 aromatic carbocycles. The van der Waals surface area contributed by atoms with Gasteiger partial charge in [0, 0.05) is 17.4 Å². The topological polar surface area (TPSA) is 65.5 Å². The van der Waals surface area contributed by atoms with Gasteiger partial charge < -0.3 is 19.5 Å². The van der Waals surface area contributed by atoms with Gasteiger partial charge in [0.15, 0.2) is 11.5 Å². The fourth-order valence-corrected chi connectivity index (χ4v) is 2.81. The van der Waals surface area contributed by atoms with Crippen molar-refractivity contribution in [2.24, 2.45) is 0 Å². The maximum atomic E-state index is 5.87. The van der Waals surface area contributed by atoms with Crippen molar-refractivity contribution in [1.82, 2.24) is 9.97 Å². The van der Waals surface area contributed by atoms with Crippen molar-refractivity contribution < 1.29 is 14.2 Å². The fourth-order valence-electron chi connectivity index (χ4n) is 2.81. The van der Waals surface area contributed by atoms with Crippen LogP contribution in [0.2, 0.25) is 0 Å². The van der Waals surface area contributed by atoms with Gasteiger partial charge in [0.05, 0.1) is 0 Å². The molecule has 0 unspecified atom stereocenters. The lowest BCUT2D eigenvalue weighted by atomic mass is 10.1. The molecule has 1 aliphatic heterocycles. The number of rotatable bonds is 5. The van der Waals surface area contributed by atoms with Crippen molar-refractivity contribution in [2.75, 3.05) is 12.1 Å². The van der Waals surface area contributed by atoms with E-state index in [0.29, 0.717) is 18.4 Å². The molecule has 0 fully saturated rings. The van der Waals surface area contributed by atoms with E-state index in [1.165, 1.54) is 11.1 Å². The highest BCUT2D eigenvalue weighted by Crippen LogP contribution is 2.32. The Kier molecular flexibility index (Phi) is 4.54. The summed E-state index contributed by atoms with van der Waals surface area (Å²) in [4.78, 5) is 8.91. The normalized spacial score (nSPS) is 12.1. The molecule has 0 bridgehead atoms. The molecule has 0 aliphatic carbocycles. The lowest BCUT2D eigenvalue weighted by Crippen LogP contribution is -2.03. The summed E-state index contributed by atoms with van der Waals surface area (Å²) in [6.07, 6.45) is 0. The number of ether oxygens (including phenoxy) is 3. The fraction of sp³-hybridized carbons (Fsp3) is 0.238. The van der Waals surface area contributed by atoms with E-state index in [-0.39, 0.29) is 6.79 Å². The number of fused-ring (bicyclic) bond motifs is 1. The molecule has 2 heterocycles.